The van der Waals surface area contributed by atoms with Crippen molar-refractivity contribution in [1.82, 2.24) is 5.32 Å². The first-order valence-corrected chi connectivity index (χ1v) is 6.87. The number of carbonyl (C=O) groups excluding carboxylic acids is 2. The summed E-state index contributed by atoms with van der Waals surface area (Å²) >= 11 is 0. The Morgan fingerprint density at radius 1 is 1.48 bits per heavy atom. The number of fused-ring (bicyclic) bond motifs is 1. The van der Waals surface area contributed by atoms with Gasteiger partial charge in [0.25, 0.3) is 17.4 Å². The van der Waals surface area contributed by atoms with Crippen LogP contribution in [0, 0.1) is 6.92 Å². The molecule has 0 fully saturated rings. The van der Waals surface area contributed by atoms with Crippen molar-refractivity contribution < 1.29 is 19.4 Å². The second-order valence-corrected chi connectivity index (χ2v) is 5.30. The normalized spacial score (nSPS) is 20.8. The van der Waals surface area contributed by atoms with Crippen LogP contribution in [0.15, 0.2) is 18.2 Å². The number of ether oxygens (including phenoxy) is 1. The van der Waals surface area contributed by atoms with Crippen molar-refractivity contribution >= 4 is 17.5 Å². The highest BCUT2D eigenvalue weighted by Gasteiger charge is 2.49. The van der Waals surface area contributed by atoms with Gasteiger partial charge in [0.05, 0.1) is 5.69 Å². The predicted octanol–water partition coefficient (Wildman–Crippen LogP) is 0.608. The first kappa shape index (κ1) is 15.3. The highest BCUT2D eigenvalue weighted by atomic mass is 16.5. The molecule has 21 heavy (non-hydrogen) atoms. The number of hydrogen-bond donors (Lipinski definition) is 2. The maximum Gasteiger partial charge on any atom is 0.280 e. The van der Waals surface area contributed by atoms with E-state index in [0.717, 1.165) is 5.56 Å². The number of aliphatic hydroxyl groups is 1. The fourth-order valence-corrected chi connectivity index (χ4v) is 2.26. The van der Waals surface area contributed by atoms with Gasteiger partial charge >= 0.3 is 0 Å². The molecule has 1 aromatic rings. The Balaban J connectivity index is 2.28. The van der Waals surface area contributed by atoms with Gasteiger partial charge in [-0.15, -0.1) is 0 Å². The lowest BCUT2D eigenvalue weighted by Gasteiger charge is -2.38. The molecule has 0 radical (unpaired) electrons. The van der Waals surface area contributed by atoms with Crippen LogP contribution in [-0.4, -0.2) is 42.7 Å². The van der Waals surface area contributed by atoms with Crippen LogP contribution in [-0.2, 0) is 9.59 Å². The monoisotopic (exact) mass is 292 g/mol. The van der Waals surface area contributed by atoms with E-state index in [1.165, 1.54) is 11.8 Å². The van der Waals surface area contributed by atoms with E-state index in [2.05, 4.69) is 5.32 Å². The van der Waals surface area contributed by atoms with E-state index in [1.54, 1.807) is 13.1 Å². The zero-order chi connectivity index (χ0) is 15.6. The van der Waals surface area contributed by atoms with Gasteiger partial charge in [-0.1, -0.05) is 6.07 Å². The molecule has 6 nitrogen and oxygen atoms in total. The van der Waals surface area contributed by atoms with E-state index >= 15 is 0 Å². The van der Waals surface area contributed by atoms with E-state index in [0.29, 0.717) is 24.4 Å². The predicted molar refractivity (Wildman–Crippen MR) is 78.3 cm³/mol. The maximum absolute atomic E-state index is 12.5. The molecule has 2 N–H and O–H groups in total. The van der Waals surface area contributed by atoms with Crippen molar-refractivity contribution in [3.8, 4) is 5.75 Å². The minimum absolute atomic E-state index is 0.0200. The fourth-order valence-electron chi connectivity index (χ4n) is 2.26. The van der Waals surface area contributed by atoms with Crippen molar-refractivity contribution in [2.45, 2.75) is 25.9 Å². The number of nitrogens with zero attached hydrogens (tertiary/aromatic N) is 1. The Morgan fingerprint density at radius 2 is 2.19 bits per heavy atom. The first-order valence-electron chi connectivity index (χ1n) is 6.87. The molecule has 2 amide bonds. The maximum atomic E-state index is 12.5. The molecule has 1 aliphatic rings. The second kappa shape index (κ2) is 5.73. The van der Waals surface area contributed by atoms with Gasteiger partial charge < -0.3 is 20.1 Å². The number of anilines is 1. The number of aliphatic hydroxyl groups excluding tert-OH is 1. The molecule has 0 aromatic heterocycles. The van der Waals surface area contributed by atoms with E-state index in [9.17, 15) is 9.59 Å². The molecule has 0 saturated heterocycles. The number of rotatable bonds is 4. The molecule has 0 bridgehead atoms. The van der Waals surface area contributed by atoms with E-state index in [4.69, 9.17) is 9.84 Å². The summed E-state index contributed by atoms with van der Waals surface area (Å²) in [5, 5.41) is 11.4. The third kappa shape index (κ3) is 2.71. The van der Waals surface area contributed by atoms with Gasteiger partial charge in [-0.05, 0) is 38.0 Å². The number of benzene rings is 1. The summed E-state index contributed by atoms with van der Waals surface area (Å²) in [6.07, 6.45) is 0.432. The molecule has 1 heterocycles. The summed E-state index contributed by atoms with van der Waals surface area (Å²) < 4.78 is 5.68. The van der Waals surface area contributed by atoms with Crippen molar-refractivity contribution in [2.75, 3.05) is 25.1 Å². The van der Waals surface area contributed by atoms with Crippen molar-refractivity contribution in [1.29, 1.82) is 0 Å². The van der Waals surface area contributed by atoms with E-state index < -0.39 is 17.4 Å². The number of likely N-dealkylation sites (N-methyl/N-ethyl adjacent to an activating group) is 1. The second-order valence-electron chi connectivity index (χ2n) is 5.30. The smallest absolute Gasteiger partial charge is 0.280 e. The Morgan fingerprint density at radius 3 is 2.86 bits per heavy atom. The average molecular weight is 292 g/mol. The number of nitrogens with one attached hydrogen (secondary N) is 1. The van der Waals surface area contributed by atoms with Crippen molar-refractivity contribution in [3.63, 3.8) is 0 Å². The highest BCUT2D eigenvalue weighted by Crippen LogP contribution is 2.37. The Bertz CT molecular complexity index is 573. The van der Waals surface area contributed by atoms with E-state index in [-0.39, 0.29) is 6.61 Å². The Hall–Kier alpha value is -2.08. The molecule has 0 spiro atoms. The first-order chi connectivity index (χ1) is 9.90. The molecule has 6 heteroatoms. The quantitative estimate of drug-likeness (QED) is 0.629. The summed E-state index contributed by atoms with van der Waals surface area (Å²) in [4.78, 5) is 26.2. The van der Waals surface area contributed by atoms with Gasteiger partial charge in [0.1, 0.15) is 5.75 Å². The Kier molecular flexibility index (Phi) is 4.18. The molecule has 1 unspecified atom stereocenters. The zero-order valence-electron chi connectivity index (χ0n) is 12.5. The van der Waals surface area contributed by atoms with Crippen molar-refractivity contribution in [3.05, 3.63) is 23.8 Å². The van der Waals surface area contributed by atoms with Crippen LogP contribution in [0.4, 0.5) is 5.69 Å². The van der Waals surface area contributed by atoms with Crippen LogP contribution in [0.2, 0.25) is 0 Å². The molecular formula is C15H20N2O4. The van der Waals surface area contributed by atoms with Gasteiger partial charge in [0.2, 0.25) is 0 Å². The van der Waals surface area contributed by atoms with Gasteiger partial charge in [0, 0.05) is 20.2 Å². The molecule has 2 rings (SSSR count). The summed E-state index contributed by atoms with van der Waals surface area (Å²) in [5.41, 5.74) is 0.0700. The molecule has 1 atom stereocenters. The number of amides is 2. The van der Waals surface area contributed by atoms with E-state index in [1.807, 2.05) is 19.1 Å². The highest BCUT2D eigenvalue weighted by molar-refractivity contribution is 6.16. The minimum Gasteiger partial charge on any atom is -0.466 e. The summed E-state index contributed by atoms with van der Waals surface area (Å²) in [5.74, 6) is -0.413. The lowest BCUT2D eigenvalue weighted by atomic mass is 10.00. The van der Waals surface area contributed by atoms with Crippen LogP contribution in [0.25, 0.3) is 0 Å². The Labute approximate surface area is 123 Å². The molecule has 1 aromatic carbocycles. The molecule has 0 aliphatic carbocycles. The lowest BCUT2D eigenvalue weighted by Crippen LogP contribution is -2.61. The third-order valence-corrected chi connectivity index (χ3v) is 3.56. The van der Waals surface area contributed by atoms with Gasteiger partial charge in [-0.2, -0.15) is 0 Å². The molecule has 0 saturated carbocycles. The summed E-state index contributed by atoms with van der Waals surface area (Å²) in [6.45, 7) is 3.66. The fraction of sp³-hybridized carbons (Fsp3) is 0.467. The minimum atomic E-state index is -1.59. The standard InChI is InChI=1S/C15H20N2O4/c1-10-5-6-12-11(9-10)17(3)14(20)15(2,21-12)13(19)16-7-4-8-18/h5-6,9,18H,4,7-8H2,1-3H3,(H,16,19). The summed E-state index contributed by atoms with van der Waals surface area (Å²) in [6, 6.07) is 5.47. The van der Waals surface area contributed by atoms with Gasteiger partial charge in [-0.3, -0.25) is 9.59 Å². The number of hydrogen-bond acceptors (Lipinski definition) is 4. The SMILES string of the molecule is Cc1ccc2c(c1)N(C)C(=O)C(C)(C(=O)NCCCO)O2. The molecule has 1 aliphatic heterocycles. The van der Waals surface area contributed by atoms with Crippen molar-refractivity contribution in [2.24, 2.45) is 0 Å². The van der Waals surface area contributed by atoms with Crippen LogP contribution >= 0.6 is 0 Å². The van der Waals surface area contributed by atoms with Gasteiger partial charge in [-0.25, -0.2) is 0 Å². The number of carbonyl (C=O) groups is 2. The van der Waals surface area contributed by atoms with Gasteiger partial charge in [0.15, 0.2) is 0 Å². The zero-order valence-corrected chi connectivity index (χ0v) is 12.5. The summed E-state index contributed by atoms with van der Waals surface area (Å²) in [7, 11) is 1.63. The molecule has 114 valence electrons. The third-order valence-electron chi connectivity index (χ3n) is 3.56. The van der Waals surface area contributed by atoms with Crippen LogP contribution in [0.1, 0.15) is 18.9 Å². The largest absolute Gasteiger partial charge is 0.466 e. The topological polar surface area (TPSA) is 78.9 Å². The average Bonchev–Trinajstić information content (AvgIpc) is 2.46. The number of aryl methyl sites for hydroxylation is 1. The van der Waals surface area contributed by atoms with Crippen LogP contribution in [0.3, 0.4) is 0 Å². The van der Waals surface area contributed by atoms with Crippen LogP contribution in [0.5, 0.6) is 5.75 Å². The molecular weight excluding hydrogens is 272 g/mol. The lowest BCUT2D eigenvalue weighted by molar-refractivity contribution is -0.148. The van der Waals surface area contributed by atoms with Crippen LogP contribution < -0.4 is 15.0 Å².